The summed E-state index contributed by atoms with van der Waals surface area (Å²) in [7, 11) is -10.6. The van der Waals surface area contributed by atoms with Gasteiger partial charge in [-0.15, -0.1) is 8.42 Å². The van der Waals surface area contributed by atoms with Crippen molar-refractivity contribution in [1.29, 1.82) is 0 Å². The number of carbonyl (C=O) groups is 8. The number of amides is 6. The highest BCUT2D eigenvalue weighted by molar-refractivity contribution is 7.87. The largest absolute Gasteiger partial charge is 0.594 e. The second-order valence-electron chi connectivity index (χ2n) is 29.0. The van der Waals surface area contributed by atoms with E-state index in [1.54, 1.807) is 79.3 Å². The van der Waals surface area contributed by atoms with E-state index in [0.29, 0.717) is 31.7 Å². The molecule has 0 spiro atoms. The number of anilines is 1. The second kappa shape index (κ2) is 39.6. The van der Waals surface area contributed by atoms with Crippen LogP contribution in [-0.4, -0.2) is 258 Å². The number of imide groups is 1. The van der Waals surface area contributed by atoms with Crippen LogP contribution in [0, 0.1) is 0 Å². The number of nitrogens with zero attached hydrogens (tertiary/aromatic N) is 9. The Morgan fingerprint density at radius 1 is 0.610 bits per heavy atom. The summed E-state index contributed by atoms with van der Waals surface area (Å²) in [6.07, 6.45) is -6.05. The molecule has 0 unspecified atom stereocenters. The summed E-state index contributed by atoms with van der Waals surface area (Å²) >= 11 is 0. The normalized spacial score (nSPS) is 16.3. The Bertz CT molecular complexity index is 3210. The predicted octanol–water partition coefficient (Wildman–Crippen LogP) is 4.76. The molecule has 5 heterocycles. The van der Waals surface area contributed by atoms with Crippen molar-refractivity contribution in [3.05, 3.63) is 24.5 Å². The van der Waals surface area contributed by atoms with E-state index in [2.05, 4.69) is 53.8 Å². The molecule has 0 aromatic carbocycles. The van der Waals surface area contributed by atoms with Gasteiger partial charge < -0.3 is 58.4 Å². The van der Waals surface area contributed by atoms with Crippen molar-refractivity contribution in [2.75, 3.05) is 111 Å². The number of hydroxylamine groups is 2. The van der Waals surface area contributed by atoms with E-state index in [0.717, 1.165) is 52.2 Å². The van der Waals surface area contributed by atoms with Gasteiger partial charge in [-0.3, -0.25) is 19.2 Å². The standard InChI is InChI=1S/C14H27N3O6S.C12H19N3O4S.C10H23N3O4SSi.C10H17NO5Si.C9H18N2O2.C3H3F3O/c1-13(2,3)22-11(18)15-24(20,21)17-9-7-16(8-10-17)12(19)23-14(4,5)6;1-12(2,3)19-11(16)13-20(17,18)15-8-6-10(7-9-15)14(4)5;1-19(2,3)9-8-17-10(14)12-4-6-13(7-5-12)18(11,15)16;1-17(2,3)7-6-15-10(14)16-11-8(12)4-5-9(11)13;1-9(2,3)13-8(12)11-6-4-10-5-7-11;1-2(7)3(4,5)6/h7-10H2,1-6H3,(H,15,18);6-9H,1-5H3;4-9H2,1-3H3,(H2,11,15,16);4-7H2,1-3H3;10H,4-7H2,1-3H3;1H3. The Balaban J connectivity index is 0.00000121. The molecule has 0 saturated carbocycles. The van der Waals surface area contributed by atoms with Crippen LogP contribution in [0.4, 0.5) is 42.8 Å². The van der Waals surface area contributed by atoms with Gasteiger partial charge in [-0.1, -0.05) is 73.5 Å². The van der Waals surface area contributed by atoms with Gasteiger partial charge >= 0.3 is 57.1 Å². The van der Waals surface area contributed by atoms with Crippen molar-refractivity contribution in [3.8, 4) is 0 Å². The fraction of sp³-hybridized carbons (Fsp3) is 0.759. The fourth-order valence-electron chi connectivity index (χ4n) is 7.22. The van der Waals surface area contributed by atoms with E-state index in [1.165, 1.54) is 26.5 Å². The number of hydrogen-bond donors (Lipinski definition) is 3. The first-order valence-electron chi connectivity index (χ1n) is 31.6. The topological polar surface area (TPSA) is 416 Å². The quantitative estimate of drug-likeness (QED) is 0.0455. The molecule has 5 rings (SSSR count). The Labute approximate surface area is 589 Å². The number of nitrogens with one attached hydrogen (secondary N) is 2. The lowest BCUT2D eigenvalue weighted by Crippen LogP contribution is -2.55. The maximum absolute atomic E-state index is 12.2. The average molecular weight is 1530 g/mol. The summed E-state index contributed by atoms with van der Waals surface area (Å²) in [5, 5.41) is 20.1. The van der Waals surface area contributed by atoms with Crippen molar-refractivity contribution in [2.45, 2.75) is 183 Å². The number of pyridine rings is 1. The fourth-order valence-corrected chi connectivity index (χ4v) is 11.1. The number of alkyl halides is 3. The zero-order chi connectivity index (χ0) is 78.0. The van der Waals surface area contributed by atoms with Crippen molar-refractivity contribution in [3.63, 3.8) is 0 Å². The maximum atomic E-state index is 12.2. The molecule has 0 bridgehead atoms. The first-order chi connectivity index (χ1) is 45.0. The smallest absolute Gasteiger partial charge is 0.533 e. The number of carbonyl (C=O) groups excluding carboxylic acids is 8. The minimum absolute atomic E-state index is 0.0668. The van der Waals surface area contributed by atoms with Gasteiger partial charge in [0.05, 0.1) is 13.2 Å². The predicted molar refractivity (Wildman–Crippen MR) is 366 cm³/mol. The Hall–Kier alpha value is -6.71. The summed E-state index contributed by atoms with van der Waals surface area (Å²) in [6.45, 7) is 39.8. The second-order valence-corrected chi connectivity index (χ2v) is 45.0. The average Bonchev–Trinajstić information content (AvgIpc) is 1.06. The highest BCUT2D eigenvalue weighted by atomic mass is 32.2. The molecule has 1 aromatic rings. The zero-order valence-corrected chi connectivity index (χ0v) is 65.9. The molecule has 42 heteroatoms. The van der Waals surface area contributed by atoms with Crippen LogP contribution >= 0.6 is 0 Å². The van der Waals surface area contributed by atoms with Gasteiger partial charge in [0.25, 0.3) is 22.0 Å². The lowest BCUT2D eigenvalue weighted by atomic mass is 10.2. The zero-order valence-electron chi connectivity index (χ0n) is 61.5. The summed E-state index contributed by atoms with van der Waals surface area (Å²) in [5.74, 6) is -2.76. The number of hydrogen-bond acceptors (Lipinski definition) is 24. The summed E-state index contributed by atoms with van der Waals surface area (Å²) in [6, 6.07) is 4.93. The number of piperazine rings is 3. The van der Waals surface area contributed by atoms with Crippen molar-refractivity contribution in [2.24, 2.45) is 9.54 Å². The molecular weight excluding hydrogens is 1430 g/mol. The summed E-state index contributed by atoms with van der Waals surface area (Å²) in [4.78, 5) is 101. The number of rotatable bonds is 13. The van der Waals surface area contributed by atoms with Crippen LogP contribution in [0.3, 0.4) is 0 Å². The number of Topliss-reactive ketones (excluding diaryl/α,β-unsaturated/α-hetero) is 1. The van der Waals surface area contributed by atoms with Crippen LogP contribution in [0.15, 0.2) is 28.9 Å². The lowest BCUT2D eigenvalue weighted by molar-refractivity contribution is -0.511. The molecule has 1 aromatic heterocycles. The molecular formula is C58H107F3N12O22S3Si2. The monoisotopic (exact) mass is 1530 g/mol. The van der Waals surface area contributed by atoms with E-state index in [9.17, 15) is 81.9 Å². The molecule has 578 valence electrons. The number of nitrogens with two attached hydrogens (primary N) is 1. The minimum atomic E-state index is -4.64. The molecule has 0 atom stereocenters. The van der Waals surface area contributed by atoms with Crippen LogP contribution in [0.1, 0.15) is 103 Å². The SMILES string of the molecule is CC(=O)C(F)(F)F.CC(C)(C)OC(=O)N1CCNCC1.CC(C)(C)OC(=O)NS(=O)(=O)N1CCN(C(=O)OC(C)(C)C)CC1.CN(C)c1cc[n+](S(=O)(=O)N=C([O-])OC(C)(C)C)cc1.C[Si](C)(C)CCOC(=O)N1CCN(S(N)(=O)=O)CC1.C[Si](C)(C)CCOC(=O)ON1C(=O)CCC1=O. The Morgan fingerprint density at radius 2 is 0.980 bits per heavy atom. The van der Waals surface area contributed by atoms with E-state index in [4.69, 9.17) is 33.6 Å². The van der Waals surface area contributed by atoms with E-state index in [1.807, 2.05) is 44.5 Å². The molecule has 4 fully saturated rings. The molecule has 4 N–H and O–H groups in total. The number of ether oxygens (including phenoxy) is 6. The third-order valence-electron chi connectivity index (χ3n) is 12.3. The van der Waals surface area contributed by atoms with Crippen LogP contribution in [-0.2, 0) is 78.3 Å². The van der Waals surface area contributed by atoms with Gasteiger partial charge in [0, 0.05) is 152 Å². The van der Waals surface area contributed by atoms with Gasteiger partial charge in [0.2, 0.25) is 5.78 Å². The van der Waals surface area contributed by atoms with Gasteiger partial charge in [-0.2, -0.15) is 38.6 Å². The van der Waals surface area contributed by atoms with Crippen LogP contribution in [0.5, 0.6) is 0 Å². The van der Waals surface area contributed by atoms with Crippen molar-refractivity contribution in [1.82, 2.24) is 38.4 Å². The Kier molecular flexibility index (Phi) is 37.0. The molecule has 4 aliphatic heterocycles. The third kappa shape index (κ3) is 42.5. The van der Waals surface area contributed by atoms with Crippen LogP contribution in [0.25, 0.3) is 0 Å². The van der Waals surface area contributed by atoms with Gasteiger partial charge in [-0.25, -0.2) is 33.8 Å². The maximum Gasteiger partial charge on any atom is 0.533 e. The van der Waals surface area contributed by atoms with Gasteiger partial charge in [0.15, 0.2) is 18.5 Å². The number of aromatic nitrogens is 1. The summed E-state index contributed by atoms with van der Waals surface area (Å²) < 4.78 is 141. The van der Waals surface area contributed by atoms with E-state index in [-0.39, 0.29) is 76.5 Å². The summed E-state index contributed by atoms with van der Waals surface area (Å²) in [5.41, 5.74) is -1.76. The first-order valence-corrected chi connectivity index (χ1v) is 43.3. The lowest BCUT2D eigenvalue weighted by Gasteiger charge is -2.34. The van der Waals surface area contributed by atoms with Crippen molar-refractivity contribution < 1.29 is 119 Å². The molecule has 0 aliphatic carbocycles. The minimum Gasteiger partial charge on any atom is -0.594 e. The van der Waals surface area contributed by atoms with Gasteiger partial charge in [-0.05, 0) is 74.4 Å². The molecule has 6 amide bonds. The third-order valence-corrected chi connectivity index (χ3v) is 19.5. The van der Waals surface area contributed by atoms with Crippen LogP contribution < -0.4 is 29.2 Å². The Morgan fingerprint density at radius 3 is 1.34 bits per heavy atom. The molecule has 4 aliphatic rings. The first kappa shape index (κ1) is 93.3. The van der Waals surface area contributed by atoms with Crippen LogP contribution in [0.2, 0.25) is 51.4 Å². The molecule has 34 nitrogen and oxygen atoms in total. The molecule has 0 radical (unpaired) electrons. The van der Waals surface area contributed by atoms with E-state index < -0.39 is 112 Å². The highest BCUT2D eigenvalue weighted by Crippen LogP contribution is 2.19. The molecule has 4 saturated heterocycles. The highest BCUT2D eigenvalue weighted by Gasteiger charge is 2.36. The van der Waals surface area contributed by atoms with E-state index >= 15 is 0 Å². The van der Waals surface area contributed by atoms with Gasteiger partial charge in [0.1, 0.15) is 16.8 Å². The number of ketones is 1. The molecule has 100 heavy (non-hydrogen) atoms. The number of halogens is 3. The van der Waals surface area contributed by atoms with Crippen molar-refractivity contribution >= 4 is 107 Å².